The van der Waals surface area contributed by atoms with Gasteiger partial charge in [0.1, 0.15) is 5.82 Å². The Morgan fingerprint density at radius 3 is 2.71 bits per heavy atom. The summed E-state index contributed by atoms with van der Waals surface area (Å²) in [4.78, 5) is 21.6. The Hall–Kier alpha value is -2.40. The van der Waals surface area contributed by atoms with E-state index >= 15 is 0 Å². The summed E-state index contributed by atoms with van der Waals surface area (Å²) in [7, 11) is 0. The topological polar surface area (TPSA) is 41.4 Å². The van der Waals surface area contributed by atoms with Crippen molar-refractivity contribution in [3.63, 3.8) is 0 Å². The Labute approximate surface area is 167 Å². The van der Waals surface area contributed by atoms with Crippen molar-refractivity contribution in [1.29, 1.82) is 0 Å². The summed E-state index contributed by atoms with van der Waals surface area (Å²) in [5, 5.41) is 0. The molecule has 0 aliphatic carbocycles. The number of rotatable bonds is 6. The van der Waals surface area contributed by atoms with E-state index in [1.807, 2.05) is 29.3 Å². The zero-order valence-corrected chi connectivity index (χ0v) is 16.8. The van der Waals surface area contributed by atoms with Crippen LogP contribution in [0.3, 0.4) is 0 Å². The van der Waals surface area contributed by atoms with Gasteiger partial charge in [-0.3, -0.25) is 9.69 Å². The van der Waals surface area contributed by atoms with Crippen molar-refractivity contribution >= 4 is 12.0 Å². The van der Waals surface area contributed by atoms with Gasteiger partial charge >= 0.3 is 0 Å². The molecule has 28 heavy (non-hydrogen) atoms. The van der Waals surface area contributed by atoms with Crippen LogP contribution in [-0.2, 0) is 17.9 Å². The lowest BCUT2D eigenvalue weighted by molar-refractivity contribution is -0.127. The van der Waals surface area contributed by atoms with E-state index in [0.29, 0.717) is 18.9 Å². The van der Waals surface area contributed by atoms with Gasteiger partial charge in [0.05, 0.1) is 6.54 Å². The van der Waals surface area contributed by atoms with Crippen LogP contribution in [0.5, 0.6) is 0 Å². The molecule has 0 saturated carbocycles. The van der Waals surface area contributed by atoms with E-state index in [2.05, 4.69) is 51.9 Å². The van der Waals surface area contributed by atoms with Crippen molar-refractivity contribution in [3.8, 4) is 0 Å². The fourth-order valence-corrected chi connectivity index (χ4v) is 4.53. The maximum Gasteiger partial charge on any atom is 0.223 e. The maximum atomic E-state index is 12.6. The zero-order valence-electron chi connectivity index (χ0n) is 16.8. The second-order valence-electron chi connectivity index (χ2n) is 8.17. The molecule has 2 saturated heterocycles. The summed E-state index contributed by atoms with van der Waals surface area (Å²) in [6, 6.07) is 10.3. The van der Waals surface area contributed by atoms with Crippen LogP contribution in [0.1, 0.15) is 37.6 Å². The smallest absolute Gasteiger partial charge is 0.223 e. The molecule has 2 aliphatic heterocycles. The van der Waals surface area contributed by atoms with Crippen molar-refractivity contribution < 1.29 is 4.79 Å². The molecule has 4 rings (SSSR count). The van der Waals surface area contributed by atoms with E-state index in [1.54, 1.807) is 0 Å². The summed E-state index contributed by atoms with van der Waals surface area (Å²) < 4.78 is 2.21. The summed E-state index contributed by atoms with van der Waals surface area (Å²) >= 11 is 0. The number of imidazole rings is 1. The molecule has 3 heterocycles. The minimum Gasteiger partial charge on any atom is -0.338 e. The molecule has 0 atom stereocenters. The van der Waals surface area contributed by atoms with E-state index in [-0.39, 0.29) is 5.41 Å². The van der Waals surface area contributed by atoms with Crippen LogP contribution in [0.2, 0.25) is 0 Å². The van der Waals surface area contributed by atoms with Gasteiger partial charge in [-0.1, -0.05) is 42.5 Å². The van der Waals surface area contributed by atoms with E-state index in [0.717, 1.165) is 51.4 Å². The molecule has 0 N–H and O–H groups in total. The Balaban J connectivity index is 1.29. The van der Waals surface area contributed by atoms with Crippen molar-refractivity contribution in [2.45, 2.75) is 39.3 Å². The first-order valence-electron chi connectivity index (χ1n) is 10.4. The highest BCUT2D eigenvalue weighted by Gasteiger charge is 2.44. The predicted molar refractivity (Wildman–Crippen MR) is 112 cm³/mol. The van der Waals surface area contributed by atoms with Crippen LogP contribution in [0, 0.1) is 5.41 Å². The van der Waals surface area contributed by atoms with Crippen molar-refractivity contribution in [3.05, 3.63) is 60.2 Å². The first-order chi connectivity index (χ1) is 13.7. The molecular formula is C23H30N4O. The standard InChI is InChI=1S/C23H30N4O/c1-2-26-16-12-24-21(26)18-25-14-10-23(11-15-25)17-22(28)27(19-23)13-6-9-20-7-4-3-5-8-20/h3-9,12,16H,2,10-11,13-15,17-19H2,1H3/b9-6+. The lowest BCUT2D eigenvalue weighted by atomic mass is 9.77. The fraction of sp³-hybridized carbons (Fsp3) is 0.478. The summed E-state index contributed by atoms with van der Waals surface area (Å²) in [5.41, 5.74) is 1.36. The van der Waals surface area contributed by atoms with Crippen LogP contribution in [0.25, 0.3) is 6.08 Å². The Morgan fingerprint density at radius 2 is 1.96 bits per heavy atom. The first-order valence-corrected chi connectivity index (χ1v) is 10.4. The van der Waals surface area contributed by atoms with Crippen LogP contribution in [-0.4, -0.2) is 51.4 Å². The molecule has 5 nitrogen and oxygen atoms in total. The third-order valence-corrected chi connectivity index (χ3v) is 6.27. The average Bonchev–Trinajstić information content (AvgIpc) is 3.29. The van der Waals surface area contributed by atoms with Crippen molar-refractivity contribution in [1.82, 2.24) is 19.4 Å². The molecule has 0 bridgehead atoms. The SMILES string of the molecule is CCn1ccnc1CN1CCC2(CC1)CC(=O)N(C/C=C/c1ccccc1)C2. The monoisotopic (exact) mass is 378 g/mol. The highest BCUT2D eigenvalue weighted by atomic mass is 16.2. The summed E-state index contributed by atoms with van der Waals surface area (Å²) in [6.07, 6.45) is 11.1. The highest BCUT2D eigenvalue weighted by Crippen LogP contribution is 2.41. The molecule has 2 fully saturated rings. The number of amides is 1. The number of carbonyl (C=O) groups is 1. The number of likely N-dealkylation sites (tertiary alicyclic amines) is 2. The maximum absolute atomic E-state index is 12.6. The van der Waals surface area contributed by atoms with Crippen molar-refractivity contribution in [2.24, 2.45) is 5.41 Å². The Kier molecular flexibility index (Phi) is 5.62. The average molecular weight is 379 g/mol. The number of piperidine rings is 1. The molecule has 1 aromatic heterocycles. The number of aromatic nitrogens is 2. The molecule has 0 radical (unpaired) electrons. The number of aryl methyl sites for hydroxylation is 1. The number of hydrogen-bond acceptors (Lipinski definition) is 3. The van der Waals surface area contributed by atoms with E-state index in [4.69, 9.17) is 0 Å². The Bertz CT molecular complexity index is 818. The molecule has 148 valence electrons. The number of nitrogens with zero attached hydrogens (tertiary/aromatic N) is 4. The fourth-order valence-electron chi connectivity index (χ4n) is 4.53. The van der Waals surface area contributed by atoms with Crippen LogP contribution in [0.4, 0.5) is 0 Å². The number of carbonyl (C=O) groups excluding carboxylic acids is 1. The van der Waals surface area contributed by atoms with Gasteiger partial charge in [0, 0.05) is 38.4 Å². The molecule has 1 spiro atoms. The summed E-state index contributed by atoms with van der Waals surface area (Å²) in [6.45, 7) is 7.76. The molecule has 2 aromatic rings. The van der Waals surface area contributed by atoms with Gasteiger partial charge in [-0.2, -0.15) is 0 Å². The zero-order chi connectivity index (χ0) is 19.4. The molecular weight excluding hydrogens is 348 g/mol. The van der Waals surface area contributed by atoms with Gasteiger partial charge in [-0.25, -0.2) is 4.98 Å². The van der Waals surface area contributed by atoms with Gasteiger partial charge in [-0.05, 0) is 43.8 Å². The third kappa shape index (κ3) is 4.20. The van der Waals surface area contributed by atoms with E-state index in [9.17, 15) is 4.79 Å². The minimum absolute atomic E-state index is 0.175. The largest absolute Gasteiger partial charge is 0.338 e. The number of hydrogen-bond donors (Lipinski definition) is 0. The Morgan fingerprint density at radius 1 is 1.18 bits per heavy atom. The molecule has 2 aliphatic rings. The summed E-state index contributed by atoms with van der Waals surface area (Å²) in [5.74, 6) is 1.46. The highest BCUT2D eigenvalue weighted by molar-refractivity contribution is 5.79. The van der Waals surface area contributed by atoms with Crippen LogP contribution >= 0.6 is 0 Å². The molecule has 1 aromatic carbocycles. The van der Waals surface area contributed by atoms with Crippen molar-refractivity contribution in [2.75, 3.05) is 26.2 Å². The minimum atomic E-state index is 0.175. The quantitative estimate of drug-likeness (QED) is 0.773. The van der Waals surface area contributed by atoms with Gasteiger partial charge in [-0.15, -0.1) is 0 Å². The predicted octanol–water partition coefficient (Wildman–Crippen LogP) is 3.43. The number of benzene rings is 1. The van der Waals surface area contributed by atoms with Gasteiger partial charge in [0.25, 0.3) is 0 Å². The lowest BCUT2D eigenvalue weighted by Gasteiger charge is -2.38. The third-order valence-electron chi connectivity index (χ3n) is 6.27. The van der Waals surface area contributed by atoms with E-state index in [1.165, 1.54) is 5.56 Å². The first kappa shape index (κ1) is 18.9. The molecule has 5 heteroatoms. The second-order valence-corrected chi connectivity index (χ2v) is 8.17. The molecule has 1 amide bonds. The van der Waals surface area contributed by atoms with Crippen LogP contribution < -0.4 is 0 Å². The molecule has 0 unspecified atom stereocenters. The van der Waals surface area contributed by atoms with Gasteiger partial charge < -0.3 is 9.47 Å². The van der Waals surface area contributed by atoms with Gasteiger partial charge in [0.15, 0.2) is 0 Å². The van der Waals surface area contributed by atoms with Gasteiger partial charge in [0.2, 0.25) is 5.91 Å². The lowest BCUT2D eigenvalue weighted by Crippen LogP contribution is -2.41. The van der Waals surface area contributed by atoms with Crippen LogP contribution in [0.15, 0.2) is 48.8 Å². The normalized spacial score (nSPS) is 19.9. The van der Waals surface area contributed by atoms with E-state index < -0.39 is 0 Å². The second kappa shape index (κ2) is 8.31.